The van der Waals surface area contributed by atoms with Gasteiger partial charge in [0.05, 0.1) is 36.5 Å². The number of aliphatic hydroxyl groups is 2. The lowest BCUT2D eigenvalue weighted by Gasteiger charge is -2.51. The molecule has 1 spiro atoms. The molecule has 0 amide bonds. The highest BCUT2D eigenvalue weighted by molar-refractivity contribution is 6.02. The number of benzene rings is 1. The highest BCUT2D eigenvalue weighted by Gasteiger charge is 2.75. The molecule has 2 fully saturated rings. The molecule has 31 heavy (non-hydrogen) atoms. The lowest BCUT2D eigenvalue weighted by Crippen LogP contribution is -2.76. The number of carbonyl (C=O) groups excluding carboxylic acids is 1. The van der Waals surface area contributed by atoms with Crippen LogP contribution in [0.2, 0.25) is 0 Å². The number of guanidine groups is 1. The molecule has 3 aliphatic heterocycles. The Labute approximate surface area is 176 Å². The minimum absolute atomic E-state index is 0.000318. The number of aliphatic imine (C=N–C) groups is 1. The lowest BCUT2D eigenvalue weighted by atomic mass is 9.79. The number of H-pyrrole nitrogens is 1. The van der Waals surface area contributed by atoms with Crippen LogP contribution in [0.4, 0.5) is 0 Å². The van der Waals surface area contributed by atoms with Crippen molar-refractivity contribution in [2.75, 3.05) is 13.2 Å². The van der Waals surface area contributed by atoms with Gasteiger partial charge in [0.25, 0.3) is 0 Å². The smallest absolute Gasteiger partial charge is 0.340 e. The van der Waals surface area contributed by atoms with Crippen LogP contribution in [0.15, 0.2) is 41.8 Å². The molecule has 0 radical (unpaired) electrons. The Morgan fingerprint density at radius 3 is 3.00 bits per heavy atom. The summed E-state index contributed by atoms with van der Waals surface area (Å²) in [5.41, 5.74) is 3.49. The third-order valence-electron chi connectivity index (χ3n) is 6.56. The summed E-state index contributed by atoms with van der Waals surface area (Å²) in [5, 5.41) is 43.7. The molecule has 1 aromatic carbocycles. The molecule has 3 aliphatic rings. The fourth-order valence-electron chi connectivity index (χ4n) is 5.06. The zero-order chi connectivity index (χ0) is 22.1. The van der Waals surface area contributed by atoms with Crippen molar-refractivity contribution in [3.63, 3.8) is 0 Å². The van der Waals surface area contributed by atoms with Crippen LogP contribution in [0.5, 0.6) is 0 Å². The van der Waals surface area contributed by atoms with Gasteiger partial charge in [-0.1, -0.05) is 18.7 Å². The molecule has 4 heterocycles. The van der Waals surface area contributed by atoms with Gasteiger partial charge in [-0.15, -0.1) is 0 Å². The summed E-state index contributed by atoms with van der Waals surface area (Å²) in [5.74, 6) is -0.565. The summed E-state index contributed by atoms with van der Waals surface area (Å²) in [7, 11) is 0. The van der Waals surface area contributed by atoms with Crippen LogP contribution >= 0.6 is 0 Å². The van der Waals surface area contributed by atoms with E-state index in [-0.39, 0.29) is 30.5 Å². The predicted octanol–water partition coefficient (Wildman–Crippen LogP) is -1.33. The Kier molecular flexibility index (Phi) is 4.00. The Morgan fingerprint density at radius 2 is 2.26 bits per heavy atom. The van der Waals surface area contributed by atoms with Gasteiger partial charge < -0.3 is 30.9 Å². The van der Waals surface area contributed by atoms with Crippen molar-refractivity contribution >= 4 is 22.8 Å². The second-order valence-electron chi connectivity index (χ2n) is 8.14. The molecular weight excluding hydrogens is 406 g/mol. The largest absolute Gasteiger partial charge is 0.454 e. The number of para-hydroxylation sites is 1. The maximum atomic E-state index is 13.0. The first-order valence-electron chi connectivity index (χ1n) is 9.75. The van der Waals surface area contributed by atoms with E-state index in [1.54, 1.807) is 24.4 Å². The van der Waals surface area contributed by atoms with Gasteiger partial charge in [0.2, 0.25) is 0 Å². The summed E-state index contributed by atoms with van der Waals surface area (Å²) in [6.45, 7) is 4.81. The minimum Gasteiger partial charge on any atom is -0.454 e. The maximum absolute atomic E-state index is 13.0. The van der Waals surface area contributed by atoms with Crippen LogP contribution in [0.3, 0.4) is 0 Å². The number of nitrogens with one attached hydrogen (secondary N) is 2. The van der Waals surface area contributed by atoms with Gasteiger partial charge in [-0.05, 0) is 13.0 Å². The molecule has 0 bridgehead atoms. The Balaban J connectivity index is 1.55. The van der Waals surface area contributed by atoms with Crippen molar-refractivity contribution in [1.82, 2.24) is 25.5 Å². The second kappa shape index (κ2) is 6.33. The monoisotopic (exact) mass is 429 g/mol. The van der Waals surface area contributed by atoms with Gasteiger partial charge in [-0.25, -0.2) is 14.9 Å². The summed E-state index contributed by atoms with van der Waals surface area (Å²) >= 11 is 0. The topological polar surface area (TPSA) is 173 Å². The molecule has 2 saturated heterocycles. The molecule has 12 nitrogen and oxygen atoms in total. The summed E-state index contributed by atoms with van der Waals surface area (Å²) in [6.07, 6.45) is 0.502. The van der Waals surface area contributed by atoms with Crippen molar-refractivity contribution in [3.8, 4) is 0 Å². The number of aromatic amines is 1. The molecule has 2 unspecified atom stereocenters. The predicted molar refractivity (Wildman–Crippen MR) is 108 cm³/mol. The average Bonchev–Trinajstić information content (AvgIpc) is 3.38. The van der Waals surface area contributed by atoms with Gasteiger partial charge in [0.1, 0.15) is 17.5 Å². The molecule has 1 aromatic heterocycles. The minimum atomic E-state index is -1.83. The van der Waals surface area contributed by atoms with Crippen LogP contribution in [0, 0.1) is 0 Å². The normalized spacial score (nSPS) is 34.4. The average molecular weight is 429 g/mol. The quantitative estimate of drug-likeness (QED) is 0.321. The highest BCUT2D eigenvalue weighted by atomic mass is 16.6. The number of aliphatic hydroxyl groups excluding tert-OH is 1. The number of hydroxylamine groups is 2. The molecule has 0 saturated carbocycles. The molecule has 5 rings (SSSR count). The Hall–Kier alpha value is -3.35. The van der Waals surface area contributed by atoms with E-state index in [2.05, 4.69) is 27.1 Å². The molecule has 164 valence electrons. The number of carbonyl (C=O) groups is 1. The van der Waals surface area contributed by atoms with Crippen molar-refractivity contribution in [2.24, 2.45) is 10.7 Å². The van der Waals surface area contributed by atoms with E-state index >= 15 is 0 Å². The van der Waals surface area contributed by atoms with Crippen LogP contribution < -0.4 is 11.1 Å². The second-order valence-corrected chi connectivity index (χ2v) is 8.14. The van der Waals surface area contributed by atoms with Crippen molar-refractivity contribution in [1.29, 1.82) is 0 Å². The van der Waals surface area contributed by atoms with E-state index in [0.29, 0.717) is 5.52 Å². The summed E-state index contributed by atoms with van der Waals surface area (Å²) in [6, 6.07) is 3.57. The standard InChI is InChI=1S/C19H23N7O5/c1-9-22-15-12(8-27)23-17(20)25-7-13(18(2,29)19(15,25)26(9)30)31-16(28)11-5-3-4-10-6-21-24-14(10)11/h3-6,12-13,15,22,27,29-30H,1,7-8H2,2H3,(H2,20,23)(H,21,24)/t12-,13-,15?,18-,19?/m0/s1. The van der Waals surface area contributed by atoms with Gasteiger partial charge in [-0.2, -0.15) is 5.10 Å². The van der Waals surface area contributed by atoms with Crippen molar-refractivity contribution in [2.45, 2.75) is 36.4 Å². The molecular formula is C19H23N7O5. The van der Waals surface area contributed by atoms with Gasteiger partial charge in [0.15, 0.2) is 17.7 Å². The van der Waals surface area contributed by atoms with E-state index in [1.807, 2.05) is 0 Å². The Morgan fingerprint density at radius 1 is 1.48 bits per heavy atom. The van der Waals surface area contributed by atoms with E-state index in [9.17, 15) is 20.2 Å². The van der Waals surface area contributed by atoms with Crippen molar-refractivity contribution in [3.05, 3.63) is 42.4 Å². The molecule has 2 aromatic rings. The Bertz CT molecular complexity index is 1110. The first kappa shape index (κ1) is 19.6. The number of nitrogens with zero attached hydrogens (tertiary/aromatic N) is 4. The SMILES string of the molecule is C=C1NC2[C@H](CO)N=C(N)N3C[C@H](OC(=O)c4cccc5cn[nH]c45)[C@](C)(O)C23N1O. The van der Waals surface area contributed by atoms with Gasteiger partial charge >= 0.3 is 5.97 Å². The first-order valence-corrected chi connectivity index (χ1v) is 9.75. The van der Waals surface area contributed by atoms with E-state index in [0.717, 1.165) is 10.4 Å². The van der Waals surface area contributed by atoms with Gasteiger partial charge in [0, 0.05) is 5.39 Å². The number of esters is 1. The number of rotatable bonds is 3. The first-order chi connectivity index (χ1) is 14.7. The number of ether oxygens (including phenoxy) is 1. The lowest BCUT2D eigenvalue weighted by molar-refractivity contribution is -0.239. The number of nitrogens with two attached hydrogens (primary N) is 1. The van der Waals surface area contributed by atoms with E-state index < -0.39 is 35.4 Å². The van der Waals surface area contributed by atoms with Crippen LogP contribution in [-0.4, -0.2) is 90.1 Å². The number of aromatic nitrogens is 2. The fourth-order valence-corrected chi connectivity index (χ4v) is 5.06. The molecule has 5 atom stereocenters. The molecule has 12 heteroatoms. The van der Waals surface area contributed by atoms with E-state index in [1.165, 1.54) is 11.8 Å². The van der Waals surface area contributed by atoms with Crippen molar-refractivity contribution < 1.29 is 25.0 Å². The molecule has 0 aliphatic carbocycles. The maximum Gasteiger partial charge on any atom is 0.340 e. The van der Waals surface area contributed by atoms with Crippen LogP contribution in [-0.2, 0) is 4.74 Å². The summed E-state index contributed by atoms with van der Waals surface area (Å²) in [4.78, 5) is 18.8. The summed E-state index contributed by atoms with van der Waals surface area (Å²) < 4.78 is 5.74. The van der Waals surface area contributed by atoms with Crippen LogP contribution in [0.25, 0.3) is 10.9 Å². The van der Waals surface area contributed by atoms with Crippen LogP contribution in [0.1, 0.15) is 17.3 Å². The zero-order valence-corrected chi connectivity index (χ0v) is 16.7. The number of hydrogen-bond donors (Lipinski definition) is 6. The van der Waals surface area contributed by atoms with Gasteiger partial charge in [-0.3, -0.25) is 10.3 Å². The fraction of sp³-hybridized carbons (Fsp3) is 0.421. The third kappa shape index (κ3) is 2.31. The highest BCUT2D eigenvalue weighted by Crippen LogP contribution is 2.50. The zero-order valence-electron chi connectivity index (χ0n) is 16.7. The number of hydrogen-bond acceptors (Lipinski definition) is 11. The number of fused-ring (bicyclic) bond motifs is 1. The third-order valence-corrected chi connectivity index (χ3v) is 6.56. The van der Waals surface area contributed by atoms with E-state index in [4.69, 9.17) is 10.5 Å². The molecule has 7 N–H and O–H groups in total.